The zero-order chi connectivity index (χ0) is 14.4. The number of nitrogens with zero attached hydrogens (tertiary/aromatic N) is 2. The van der Waals surface area contributed by atoms with E-state index in [1.165, 1.54) is 7.11 Å². The smallest absolute Gasteiger partial charge is 0.306 e. The summed E-state index contributed by atoms with van der Waals surface area (Å²) in [5.41, 5.74) is 0.994. The molecule has 0 radical (unpaired) electrons. The summed E-state index contributed by atoms with van der Waals surface area (Å²) in [6, 6.07) is 3.75. The number of hydrogen-bond acceptors (Lipinski definition) is 6. The Balaban J connectivity index is 1.92. The van der Waals surface area contributed by atoms with Crippen molar-refractivity contribution < 1.29 is 13.9 Å². The van der Waals surface area contributed by atoms with Gasteiger partial charge in [0.1, 0.15) is 0 Å². The first-order chi connectivity index (χ1) is 9.72. The Morgan fingerprint density at radius 1 is 1.55 bits per heavy atom. The van der Waals surface area contributed by atoms with Gasteiger partial charge in [0.15, 0.2) is 10.8 Å². The fourth-order valence-corrected chi connectivity index (χ4v) is 2.60. The molecule has 0 N–H and O–H groups in total. The van der Waals surface area contributed by atoms with Gasteiger partial charge in [-0.05, 0) is 18.7 Å². The number of esters is 1. The lowest BCUT2D eigenvalue weighted by atomic mass is 10.3. The van der Waals surface area contributed by atoms with Crippen molar-refractivity contribution in [3.8, 4) is 10.8 Å². The molecule has 6 heteroatoms. The average molecular weight is 294 g/mol. The van der Waals surface area contributed by atoms with Crippen molar-refractivity contribution in [1.82, 2.24) is 9.88 Å². The number of carbonyl (C=O) groups excluding carboxylic acids is 1. The molecule has 0 atom stereocenters. The van der Waals surface area contributed by atoms with E-state index >= 15 is 0 Å². The zero-order valence-electron chi connectivity index (χ0n) is 11.7. The van der Waals surface area contributed by atoms with Crippen LogP contribution in [-0.4, -0.2) is 36.1 Å². The molecule has 0 unspecified atom stereocenters. The van der Waals surface area contributed by atoms with Gasteiger partial charge < -0.3 is 9.15 Å². The van der Waals surface area contributed by atoms with Crippen LogP contribution < -0.4 is 0 Å². The van der Waals surface area contributed by atoms with Gasteiger partial charge in [-0.25, -0.2) is 4.98 Å². The number of aromatic nitrogens is 1. The third-order valence-corrected chi connectivity index (χ3v) is 3.88. The Morgan fingerprint density at radius 3 is 3.05 bits per heavy atom. The second kappa shape index (κ2) is 7.21. The minimum absolute atomic E-state index is 0.182. The normalized spacial score (nSPS) is 10.9. The number of ether oxygens (including phenoxy) is 1. The molecule has 0 aliphatic carbocycles. The monoisotopic (exact) mass is 294 g/mol. The highest BCUT2D eigenvalue weighted by atomic mass is 32.1. The Labute approximate surface area is 122 Å². The Kier molecular flexibility index (Phi) is 5.31. The third kappa shape index (κ3) is 3.91. The van der Waals surface area contributed by atoms with E-state index in [9.17, 15) is 4.79 Å². The van der Waals surface area contributed by atoms with Crippen LogP contribution in [-0.2, 0) is 16.1 Å². The zero-order valence-corrected chi connectivity index (χ0v) is 12.5. The first-order valence-corrected chi connectivity index (χ1v) is 7.38. The molecule has 5 nitrogen and oxygen atoms in total. The van der Waals surface area contributed by atoms with Gasteiger partial charge in [0.05, 0.1) is 25.5 Å². The van der Waals surface area contributed by atoms with Crippen molar-refractivity contribution in [1.29, 1.82) is 0 Å². The number of methoxy groups -OCH3 is 1. The van der Waals surface area contributed by atoms with Gasteiger partial charge in [0.25, 0.3) is 0 Å². The van der Waals surface area contributed by atoms with Crippen molar-refractivity contribution in [2.45, 2.75) is 19.9 Å². The van der Waals surface area contributed by atoms with Crippen LogP contribution >= 0.6 is 11.3 Å². The quantitative estimate of drug-likeness (QED) is 0.735. The van der Waals surface area contributed by atoms with E-state index < -0.39 is 0 Å². The van der Waals surface area contributed by atoms with Crippen LogP contribution in [0.25, 0.3) is 10.8 Å². The van der Waals surface area contributed by atoms with Crippen molar-refractivity contribution in [3.05, 3.63) is 29.5 Å². The predicted octanol–water partition coefficient (Wildman–Crippen LogP) is 2.79. The van der Waals surface area contributed by atoms with Gasteiger partial charge in [-0.2, -0.15) is 0 Å². The molecule has 2 aromatic heterocycles. The number of hydrogen-bond donors (Lipinski definition) is 0. The van der Waals surface area contributed by atoms with Crippen LogP contribution in [0.2, 0.25) is 0 Å². The molecule has 0 aromatic carbocycles. The van der Waals surface area contributed by atoms with Gasteiger partial charge in [-0.15, -0.1) is 11.3 Å². The Morgan fingerprint density at radius 2 is 2.40 bits per heavy atom. The van der Waals surface area contributed by atoms with E-state index in [4.69, 9.17) is 4.42 Å². The standard InChI is InChI=1S/C14H18N2O3S/c1-3-16(7-6-13(17)18-2)9-11-10-20-14(15-11)12-5-4-8-19-12/h4-5,8,10H,3,6-7,9H2,1-2H3. The summed E-state index contributed by atoms with van der Waals surface area (Å²) < 4.78 is 9.99. The maximum absolute atomic E-state index is 11.2. The highest BCUT2D eigenvalue weighted by Crippen LogP contribution is 2.24. The van der Waals surface area contributed by atoms with Crippen LogP contribution in [0.4, 0.5) is 0 Å². The summed E-state index contributed by atoms with van der Waals surface area (Å²) in [5, 5.41) is 2.91. The lowest BCUT2D eigenvalue weighted by Crippen LogP contribution is -2.26. The number of rotatable bonds is 7. The van der Waals surface area contributed by atoms with Crippen molar-refractivity contribution in [3.63, 3.8) is 0 Å². The molecule has 2 heterocycles. The number of thiazole rings is 1. The number of furan rings is 1. The van der Waals surface area contributed by atoms with Crippen molar-refractivity contribution in [2.24, 2.45) is 0 Å². The topological polar surface area (TPSA) is 55.6 Å². The van der Waals surface area contributed by atoms with Crippen molar-refractivity contribution >= 4 is 17.3 Å². The summed E-state index contributed by atoms with van der Waals surface area (Å²) in [6.07, 6.45) is 2.05. The lowest BCUT2D eigenvalue weighted by Gasteiger charge is -2.18. The van der Waals surface area contributed by atoms with Gasteiger partial charge in [0.2, 0.25) is 0 Å². The maximum Gasteiger partial charge on any atom is 0.306 e. The van der Waals surface area contributed by atoms with E-state index in [1.54, 1.807) is 17.6 Å². The Bertz CT molecular complexity index is 536. The molecule has 0 aliphatic rings. The summed E-state index contributed by atoms with van der Waals surface area (Å²) in [7, 11) is 1.41. The first kappa shape index (κ1) is 14.7. The second-order valence-electron chi connectivity index (χ2n) is 4.32. The number of carbonyl (C=O) groups is 1. The fourth-order valence-electron chi connectivity index (χ4n) is 1.82. The van der Waals surface area contributed by atoms with Crippen LogP contribution in [0, 0.1) is 0 Å². The van der Waals surface area contributed by atoms with Crippen LogP contribution in [0.1, 0.15) is 19.0 Å². The third-order valence-electron chi connectivity index (χ3n) is 2.98. The van der Waals surface area contributed by atoms with E-state index in [0.29, 0.717) is 13.0 Å². The van der Waals surface area contributed by atoms with Gasteiger partial charge in [-0.1, -0.05) is 6.92 Å². The molecule has 0 bridgehead atoms. The highest BCUT2D eigenvalue weighted by molar-refractivity contribution is 7.13. The molecule has 0 spiro atoms. The van der Waals surface area contributed by atoms with E-state index in [2.05, 4.69) is 21.5 Å². The maximum atomic E-state index is 11.2. The molecular weight excluding hydrogens is 276 g/mol. The molecule has 0 saturated carbocycles. The van der Waals surface area contributed by atoms with Gasteiger partial charge in [-0.3, -0.25) is 9.69 Å². The molecular formula is C14H18N2O3S. The molecule has 0 amide bonds. The fraction of sp³-hybridized carbons (Fsp3) is 0.429. The molecule has 2 aromatic rings. The molecule has 0 saturated heterocycles. The highest BCUT2D eigenvalue weighted by Gasteiger charge is 2.11. The summed E-state index contributed by atoms with van der Waals surface area (Å²) in [5.74, 6) is 0.608. The lowest BCUT2D eigenvalue weighted by molar-refractivity contribution is -0.141. The summed E-state index contributed by atoms with van der Waals surface area (Å²) >= 11 is 1.57. The minimum atomic E-state index is -0.182. The molecule has 2 rings (SSSR count). The SMILES string of the molecule is CCN(CCC(=O)OC)Cc1csc(-c2ccco2)n1. The minimum Gasteiger partial charge on any atom is -0.469 e. The second-order valence-corrected chi connectivity index (χ2v) is 5.17. The van der Waals surface area contributed by atoms with Crippen LogP contribution in [0.15, 0.2) is 28.2 Å². The van der Waals surface area contributed by atoms with Gasteiger partial charge >= 0.3 is 5.97 Å². The average Bonchev–Trinajstić information content (AvgIpc) is 3.13. The summed E-state index contributed by atoms with van der Waals surface area (Å²) in [4.78, 5) is 17.9. The van der Waals surface area contributed by atoms with E-state index in [1.807, 2.05) is 17.5 Å². The predicted molar refractivity (Wildman–Crippen MR) is 77.4 cm³/mol. The van der Waals surface area contributed by atoms with Crippen LogP contribution in [0.3, 0.4) is 0 Å². The van der Waals surface area contributed by atoms with E-state index in [0.717, 1.165) is 29.6 Å². The van der Waals surface area contributed by atoms with E-state index in [-0.39, 0.29) is 5.97 Å². The molecule has 20 heavy (non-hydrogen) atoms. The molecule has 0 fully saturated rings. The Hall–Kier alpha value is -1.66. The van der Waals surface area contributed by atoms with Gasteiger partial charge in [0, 0.05) is 18.5 Å². The largest absolute Gasteiger partial charge is 0.469 e. The van der Waals surface area contributed by atoms with Crippen LogP contribution in [0.5, 0.6) is 0 Å². The first-order valence-electron chi connectivity index (χ1n) is 6.50. The summed E-state index contributed by atoms with van der Waals surface area (Å²) in [6.45, 7) is 4.34. The van der Waals surface area contributed by atoms with Crippen molar-refractivity contribution in [2.75, 3.05) is 20.2 Å². The molecule has 108 valence electrons. The molecule has 0 aliphatic heterocycles.